The van der Waals surface area contributed by atoms with E-state index in [2.05, 4.69) is 16.1 Å². The van der Waals surface area contributed by atoms with Crippen LogP contribution in [0.3, 0.4) is 0 Å². The van der Waals surface area contributed by atoms with Gasteiger partial charge in [-0.1, -0.05) is 25.0 Å². The summed E-state index contributed by atoms with van der Waals surface area (Å²) >= 11 is 0. The van der Waals surface area contributed by atoms with Crippen molar-refractivity contribution >= 4 is 21.7 Å². The molecule has 7 heteroatoms. The highest BCUT2D eigenvalue weighted by Gasteiger charge is 2.22. The third-order valence-corrected chi connectivity index (χ3v) is 6.37. The fourth-order valence-electron chi connectivity index (χ4n) is 3.33. The van der Waals surface area contributed by atoms with Crippen molar-refractivity contribution in [3.63, 3.8) is 0 Å². The summed E-state index contributed by atoms with van der Waals surface area (Å²) in [5.74, 6) is -1.15. The normalized spacial score (nSPS) is 15.9. The molecule has 0 bridgehead atoms. The van der Waals surface area contributed by atoms with Crippen molar-refractivity contribution in [3.8, 4) is 0 Å². The SMILES string of the molecule is CCC[C@H](C)NS(=O)(=O)c1cc(C(=O)O)ccc1NCCC1=CCCCC1. The zero-order valence-electron chi connectivity index (χ0n) is 16.1. The Bertz CT molecular complexity index is 787. The molecule has 0 aromatic heterocycles. The third kappa shape index (κ3) is 6.36. The molecule has 150 valence electrons. The Morgan fingerprint density at radius 3 is 2.70 bits per heavy atom. The maximum atomic E-state index is 12.8. The van der Waals surface area contributed by atoms with Gasteiger partial charge in [0.15, 0.2) is 0 Å². The van der Waals surface area contributed by atoms with Crippen LogP contribution in [0.4, 0.5) is 5.69 Å². The Kier molecular flexibility index (Phi) is 7.86. The van der Waals surface area contributed by atoms with Crippen LogP contribution in [-0.4, -0.2) is 32.1 Å². The predicted molar refractivity (Wildman–Crippen MR) is 108 cm³/mol. The quantitative estimate of drug-likeness (QED) is 0.518. The molecule has 2 rings (SSSR count). The summed E-state index contributed by atoms with van der Waals surface area (Å²) in [4.78, 5) is 11.3. The Balaban J connectivity index is 2.20. The number of anilines is 1. The minimum absolute atomic E-state index is 0.0111. The molecule has 0 unspecified atom stereocenters. The molecule has 0 fully saturated rings. The molecule has 1 aliphatic carbocycles. The Morgan fingerprint density at radius 2 is 2.07 bits per heavy atom. The topological polar surface area (TPSA) is 95.5 Å². The number of hydrogen-bond donors (Lipinski definition) is 3. The van der Waals surface area contributed by atoms with E-state index in [-0.39, 0.29) is 16.5 Å². The number of carbonyl (C=O) groups is 1. The summed E-state index contributed by atoms with van der Waals surface area (Å²) in [6, 6.07) is 3.98. The number of hydrogen-bond acceptors (Lipinski definition) is 4. The summed E-state index contributed by atoms with van der Waals surface area (Å²) in [5.41, 5.74) is 1.79. The van der Waals surface area contributed by atoms with Crippen molar-refractivity contribution in [3.05, 3.63) is 35.4 Å². The van der Waals surface area contributed by atoms with Crippen LogP contribution in [0.5, 0.6) is 0 Å². The lowest BCUT2D eigenvalue weighted by atomic mass is 9.97. The first-order valence-electron chi connectivity index (χ1n) is 9.65. The number of nitrogens with one attached hydrogen (secondary N) is 2. The van der Waals surface area contributed by atoms with E-state index in [0.29, 0.717) is 12.2 Å². The highest BCUT2D eigenvalue weighted by atomic mass is 32.2. The zero-order chi connectivity index (χ0) is 19.9. The van der Waals surface area contributed by atoms with Crippen molar-refractivity contribution < 1.29 is 18.3 Å². The maximum absolute atomic E-state index is 12.8. The first-order chi connectivity index (χ1) is 12.8. The number of benzene rings is 1. The fraction of sp³-hybridized carbons (Fsp3) is 0.550. The second-order valence-corrected chi connectivity index (χ2v) is 8.79. The summed E-state index contributed by atoms with van der Waals surface area (Å²) in [6.07, 6.45) is 9.36. The molecule has 0 heterocycles. The van der Waals surface area contributed by atoms with E-state index in [1.807, 2.05) is 13.8 Å². The van der Waals surface area contributed by atoms with Crippen LogP contribution >= 0.6 is 0 Å². The minimum Gasteiger partial charge on any atom is -0.478 e. The molecule has 0 spiro atoms. The molecule has 1 aromatic carbocycles. The van der Waals surface area contributed by atoms with Gasteiger partial charge in [0.05, 0.1) is 11.3 Å². The number of aromatic carboxylic acids is 1. The molecule has 1 aromatic rings. The Hall–Kier alpha value is -1.86. The van der Waals surface area contributed by atoms with Crippen LogP contribution in [0.1, 0.15) is 69.2 Å². The molecule has 0 saturated heterocycles. The highest BCUT2D eigenvalue weighted by molar-refractivity contribution is 7.89. The van der Waals surface area contributed by atoms with Crippen LogP contribution in [0.2, 0.25) is 0 Å². The fourth-order valence-corrected chi connectivity index (χ4v) is 4.82. The molecule has 0 aliphatic heterocycles. The van der Waals surface area contributed by atoms with Gasteiger partial charge in [0, 0.05) is 12.6 Å². The summed E-state index contributed by atoms with van der Waals surface area (Å²) in [7, 11) is -3.81. The van der Waals surface area contributed by atoms with Gasteiger partial charge in [0.2, 0.25) is 10.0 Å². The van der Waals surface area contributed by atoms with E-state index in [9.17, 15) is 18.3 Å². The number of allylic oxidation sites excluding steroid dienone is 1. The van der Waals surface area contributed by atoms with Gasteiger partial charge in [-0.25, -0.2) is 17.9 Å². The van der Waals surface area contributed by atoms with E-state index in [4.69, 9.17) is 0 Å². The Morgan fingerprint density at radius 1 is 1.30 bits per heavy atom. The Labute approximate surface area is 162 Å². The monoisotopic (exact) mass is 394 g/mol. The number of carboxylic acids is 1. The smallest absolute Gasteiger partial charge is 0.335 e. The summed E-state index contributed by atoms with van der Waals surface area (Å²) < 4.78 is 28.3. The largest absolute Gasteiger partial charge is 0.478 e. The van der Waals surface area contributed by atoms with E-state index < -0.39 is 16.0 Å². The van der Waals surface area contributed by atoms with Crippen LogP contribution in [0, 0.1) is 0 Å². The van der Waals surface area contributed by atoms with Crippen molar-refractivity contribution in [1.82, 2.24) is 4.72 Å². The van der Waals surface area contributed by atoms with Gasteiger partial charge in [-0.2, -0.15) is 0 Å². The molecule has 0 saturated carbocycles. The van der Waals surface area contributed by atoms with Gasteiger partial charge in [-0.3, -0.25) is 0 Å². The molecule has 1 atom stereocenters. The van der Waals surface area contributed by atoms with Crippen molar-refractivity contribution in [2.24, 2.45) is 0 Å². The van der Waals surface area contributed by atoms with Crippen LogP contribution in [0.15, 0.2) is 34.7 Å². The van der Waals surface area contributed by atoms with E-state index >= 15 is 0 Å². The van der Waals surface area contributed by atoms with Gasteiger partial charge in [-0.15, -0.1) is 0 Å². The highest BCUT2D eigenvalue weighted by Crippen LogP contribution is 2.25. The average molecular weight is 395 g/mol. The molecule has 6 nitrogen and oxygen atoms in total. The second-order valence-electron chi connectivity index (χ2n) is 7.11. The standard InChI is InChI=1S/C20H30N2O4S/c1-3-7-15(2)22-27(25,26)19-14-17(20(23)24)10-11-18(19)21-13-12-16-8-5-4-6-9-16/h8,10-11,14-15,21-22H,3-7,9,12-13H2,1-2H3,(H,23,24)/t15-/m0/s1. The van der Waals surface area contributed by atoms with E-state index in [1.165, 1.54) is 36.6 Å². The van der Waals surface area contributed by atoms with Crippen LogP contribution in [0.25, 0.3) is 0 Å². The number of carboxylic acid groups (broad SMARTS) is 1. The van der Waals surface area contributed by atoms with Crippen molar-refractivity contribution in [2.75, 3.05) is 11.9 Å². The van der Waals surface area contributed by atoms with Crippen LogP contribution < -0.4 is 10.0 Å². The van der Waals surface area contributed by atoms with E-state index in [0.717, 1.165) is 32.1 Å². The summed E-state index contributed by atoms with van der Waals surface area (Å²) in [5, 5.41) is 12.4. The van der Waals surface area contributed by atoms with Crippen molar-refractivity contribution in [1.29, 1.82) is 0 Å². The lowest BCUT2D eigenvalue weighted by Gasteiger charge is -2.18. The number of rotatable bonds is 10. The molecule has 0 radical (unpaired) electrons. The first kappa shape index (κ1) is 21.4. The van der Waals surface area contributed by atoms with E-state index in [1.54, 1.807) is 0 Å². The number of sulfonamides is 1. The average Bonchev–Trinajstić information content (AvgIpc) is 2.62. The zero-order valence-corrected chi connectivity index (χ0v) is 16.9. The second kappa shape index (κ2) is 9.90. The van der Waals surface area contributed by atoms with Gasteiger partial charge in [0.1, 0.15) is 4.90 Å². The first-order valence-corrected chi connectivity index (χ1v) is 11.1. The van der Waals surface area contributed by atoms with Crippen LogP contribution in [-0.2, 0) is 10.0 Å². The molecule has 3 N–H and O–H groups in total. The van der Waals surface area contributed by atoms with Gasteiger partial charge in [0.25, 0.3) is 0 Å². The lowest BCUT2D eigenvalue weighted by molar-refractivity contribution is 0.0696. The van der Waals surface area contributed by atoms with Gasteiger partial charge < -0.3 is 10.4 Å². The molecule has 1 aliphatic rings. The van der Waals surface area contributed by atoms with Gasteiger partial charge >= 0.3 is 5.97 Å². The maximum Gasteiger partial charge on any atom is 0.335 e. The predicted octanol–water partition coefficient (Wildman–Crippen LogP) is 4.15. The lowest BCUT2D eigenvalue weighted by Crippen LogP contribution is -2.33. The molecular weight excluding hydrogens is 364 g/mol. The van der Waals surface area contributed by atoms with Crippen molar-refractivity contribution in [2.45, 2.75) is 69.7 Å². The molecule has 0 amide bonds. The summed E-state index contributed by atoms with van der Waals surface area (Å²) in [6.45, 7) is 4.42. The third-order valence-electron chi connectivity index (χ3n) is 4.74. The van der Waals surface area contributed by atoms with Gasteiger partial charge in [-0.05, 0) is 63.6 Å². The minimum atomic E-state index is -3.81. The molecule has 27 heavy (non-hydrogen) atoms. The molecular formula is C20H30N2O4S.